The van der Waals surface area contributed by atoms with Crippen molar-refractivity contribution >= 4 is 0 Å². The van der Waals surface area contributed by atoms with Crippen LogP contribution in [0.4, 0.5) is 0 Å². The van der Waals surface area contributed by atoms with E-state index in [2.05, 4.69) is 13.8 Å². The molecule has 5 atom stereocenters. The quantitative estimate of drug-likeness (QED) is 0.719. The van der Waals surface area contributed by atoms with Crippen molar-refractivity contribution in [2.75, 3.05) is 13.2 Å². The van der Waals surface area contributed by atoms with E-state index in [1.54, 1.807) is 0 Å². The number of aliphatic hydroxyl groups excluding tert-OH is 1. The lowest BCUT2D eigenvalue weighted by Crippen LogP contribution is -2.37. The van der Waals surface area contributed by atoms with Gasteiger partial charge in [-0.25, -0.2) is 0 Å². The van der Waals surface area contributed by atoms with Crippen LogP contribution in [0.2, 0.25) is 0 Å². The number of hydrogen-bond donors (Lipinski definition) is 1. The largest absolute Gasteiger partial charge is 0.394 e. The minimum absolute atomic E-state index is 0.0178. The maximum atomic E-state index is 9.31. The van der Waals surface area contributed by atoms with Crippen molar-refractivity contribution in [3.05, 3.63) is 0 Å². The average Bonchev–Trinajstić information content (AvgIpc) is 2.87. The molecule has 0 aromatic heterocycles. The Kier molecular flexibility index (Phi) is 4.79. The third kappa shape index (κ3) is 2.81. The van der Waals surface area contributed by atoms with Crippen LogP contribution in [0.25, 0.3) is 0 Å². The number of rotatable bonds is 6. The topological polar surface area (TPSA) is 47.9 Å². The van der Waals surface area contributed by atoms with Gasteiger partial charge in [0.05, 0.1) is 18.8 Å². The normalized spacial score (nSPS) is 40.8. The summed E-state index contributed by atoms with van der Waals surface area (Å²) in [6, 6.07) is 0. The van der Waals surface area contributed by atoms with Crippen molar-refractivity contribution in [3.8, 4) is 0 Å². The lowest BCUT2D eigenvalue weighted by molar-refractivity contribution is -0.0866. The highest BCUT2D eigenvalue weighted by molar-refractivity contribution is 4.98. The van der Waals surface area contributed by atoms with Crippen LogP contribution in [-0.2, 0) is 14.2 Å². The molecule has 2 aliphatic heterocycles. The summed E-state index contributed by atoms with van der Waals surface area (Å²) in [6.45, 7) is 5.01. The van der Waals surface area contributed by atoms with Gasteiger partial charge in [-0.05, 0) is 12.8 Å². The van der Waals surface area contributed by atoms with Gasteiger partial charge in [-0.3, -0.25) is 0 Å². The van der Waals surface area contributed by atoms with Gasteiger partial charge in [-0.15, -0.1) is 0 Å². The molecule has 2 aliphatic rings. The smallest absolute Gasteiger partial charge is 0.115 e. The fourth-order valence-corrected chi connectivity index (χ4v) is 2.67. The van der Waals surface area contributed by atoms with Gasteiger partial charge in [-0.2, -0.15) is 0 Å². The van der Waals surface area contributed by atoms with Gasteiger partial charge in [0.15, 0.2) is 0 Å². The van der Waals surface area contributed by atoms with Crippen LogP contribution in [-0.4, -0.2) is 48.8 Å². The Balaban J connectivity index is 1.90. The lowest BCUT2D eigenvalue weighted by atomic mass is 10.1. The molecule has 2 rings (SSSR count). The fourth-order valence-electron chi connectivity index (χ4n) is 2.67. The van der Waals surface area contributed by atoms with Crippen molar-refractivity contribution in [3.63, 3.8) is 0 Å². The predicted octanol–water partition coefficient (Wildman–Crippen LogP) is 1.50. The Morgan fingerprint density at radius 3 is 2.76 bits per heavy atom. The summed E-state index contributed by atoms with van der Waals surface area (Å²) in [6.07, 6.45) is 4.24. The van der Waals surface area contributed by atoms with E-state index in [-0.39, 0.29) is 31.0 Å². The third-order valence-electron chi connectivity index (χ3n) is 3.69. The van der Waals surface area contributed by atoms with Gasteiger partial charge in [0.2, 0.25) is 0 Å². The molecule has 0 aromatic carbocycles. The second-order valence-corrected chi connectivity index (χ2v) is 4.95. The zero-order valence-electron chi connectivity index (χ0n) is 10.8. The standard InChI is InChI=1S/C13H24O4/c1-3-5-6-15-12-11(8-14)17-10-7-9(4-2)16-13(10)12/h9-14H,3-8H2,1-2H3/t9-,10-,11+,12+,13+/m0/s1. The van der Waals surface area contributed by atoms with E-state index >= 15 is 0 Å². The van der Waals surface area contributed by atoms with Crippen LogP contribution < -0.4 is 0 Å². The molecule has 2 fully saturated rings. The van der Waals surface area contributed by atoms with Gasteiger partial charge in [0.1, 0.15) is 18.3 Å². The molecule has 1 N–H and O–H groups in total. The molecule has 2 saturated heterocycles. The highest BCUT2D eigenvalue weighted by atomic mass is 16.6. The summed E-state index contributed by atoms with van der Waals surface area (Å²) < 4.78 is 17.6. The number of hydrogen-bond acceptors (Lipinski definition) is 4. The summed E-state index contributed by atoms with van der Waals surface area (Å²) >= 11 is 0. The van der Waals surface area contributed by atoms with Gasteiger partial charge in [-0.1, -0.05) is 20.3 Å². The molecule has 0 spiro atoms. The van der Waals surface area contributed by atoms with E-state index in [4.69, 9.17) is 14.2 Å². The first-order chi connectivity index (χ1) is 8.30. The highest BCUT2D eigenvalue weighted by Gasteiger charge is 2.50. The van der Waals surface area contributed by atoms with Gasteiger partial charge in [0, 0.05) is 13.0 Å². The second kappa shape index (κ2) is 6.14. The second-order valence-electron chi connectivity index (χ2n) is 4.95. The van der Waals surface area contributed by atoms with E-state index in [0.717, 1.165) is 32.3 Å². The Morgan fingerprint density at radius 1 is 1.29 bits per heavy atom. The van der Waals surface area contributed by atoms with Gasteiger partial charge >= 0.3 is 0 Å². The summed E-state index contributed by atoms with van der Waals surface area (Å²) in [5.74, 6) is 0. The molecule has 0 amide bonds. The minimum Gasteiger partial charge on any atom is -0.394 e. The zero-order valence-corrected chi connectivity index (χ0v) is 10.8. The highest BCUT2D eigenvalue weighted by Crippen LogP contribution is 2.36. The molecule has 0 aromatic rings. The van der Waals surface area contributed by atoms with Crippen molar-refractivity contribution in [2.45, 2.75) is 70.1 Å². The monoisotopic (exact) mass is 244 g/mol. The summed E-state index contributed by atoms with van der Waals surface area (Å²) in [5, 5.41) is 9.31. The molecule has 2 heterocycles. The SMILES string of the molecule is CCCCO[C@H]1[C@@H]2O[C@@H](CC)C[C@@H]2O[C@@H]1CO. The van der Waals surface area contributed by atoms with Crippen LogP contribution in [0.5, 0.6) is 0 Å². The average molecular weight is 244 g/mol. The molecule has 4 nitrogen and oxygen atoms in total. The Morgan fingerprint density at radius 2 is 2.12 bits per heavy atom. The third-order valence-corrected chi connectivity index (χ3v) is 3.69. The molecule has 0 aliphatic carbocycles. The molecule has 0 saturated carbocycles. The molecular formula is C13H24O4. The first-order valence-electron chi connectivity index (χ1n) is 6.83. The number of aliphatic hydroxyl groups is 1. The molecule has 0 radical (unpaired) electrons. The summed E-state index contributed by atoms with van der Waals surface area (Å²) in [5.41, 5.74) is 0. The van der Waals surface area contributed by atoms with Crippen molar-refractivity contribution in [1.82, 2.24) is 0 Å². The molecule has 4 heteroatoms. The molecular weight excluding hydrogens is 220 g/mol. The molecule has 17 heavy (non-hydrogen) atoms. The first kappa shape index (κ1) is 13.3. The Labute approximate surface area is 103 Å². The van der Waals surface area contributed by atoms with E-state index in [1.165, 1.54) is 0 Å². The van der Waals surface area contributed by atoms with Gasteiger partial charge < -0.3 is 19.3 Å². The van der Waals surface area contributed by atoms with Crippen LogP contribution >= 0.6 is 0 Å². The maximum Gasteiger partial charge on any atom is 0.115 e. The van der Waals surface area contributed by atoms with Crippen molar-refractivity contribution < 1.29 is 19.3 Å². The summed E-state index contributed by atoms with van der Waals surface area (Å²) in [4.78, 5) is 0. The Bertz CT molecular complexity index is 233. The van der Waals surface area contributed by atoms with Crippen molar-refractivity contribution in [2.24, 2.45) is 0 Å². The van der Waals surface area contributed by atoms with Crippen LogP contribution in [0.1, 0.15) is 39.5 Å². The van der Waals surface area contributed by atoms with E-state index in [1.807, 2.05) is 0 Å². The molecule has 0 unspecified atom stereocenters. The zero-order chi connectivity index (χ0) is 12.3. The summed E-state index contributed by atoms with van der Waals surface area (Å²) in [7, 11) is 0. The van der Waals surface area contributed by atoms with E-state index in [0.29, 0.717) is 6.10 Å². The molecule has 0 bridgehead atoms. The predicted molar refractivity (Wildman–Crippen MR) is 64.0 cm³/mol. The fraction of sp³-hybridized carbons (Fsp3) is 1.00. The van der Waals surface area contributed by atoms with Crippen molar-refractivity contribution in [1.29, 1.82) is 0 Å². The van der Waals surface area contributed by atoms with E-state index < -0.39 is 0 Å². The number of unbranched alkanes of at least 4 members (excludes halogenated alkanes) is 1. The van der Waals surface area contributed by atoms with Gasteiger partial charge in [0.25, 0.3) is 0 Å². The Hall–Kier alpha value is -0.160. The first-order valence-corrected chi connectivity index (χ1v) is 6.83. The van der Waals surface area contributed by atoms with Crippen LogP contribution in [0.3, 0.4) is 0 Å². The number of ether oxygens (including phenoxy) is 3. The maximum absolute atomic E-state index is 9.31. The van der Waals surface area contributed by atoms with Crippen LogP contribution in [0.15, 0.2) is 0 Å². The molecule has 100 valence electrons. The minimum atomic E-state index is -0.209. The van der Waals surface area contributed by atoms with Crippen LogP contribution in [0, 0.1) is 0 Å². The van der Waals surface area contributed by atoms with E-state index in [9.17, 15) is 5.11 Å². The lowest BCUT2D eigenvalue weighted by Gasteiger charge is -2.22. The number of fused-ring (bicyclic) bond motifs is 1.